The van der Waals surface area contributed by atoms with Gasteiger partial charge in [-0.15, -0.1) is 0 Å². The molecule has 0 spiro atoms. The van der Waals surface area contributed by atoms with Crippen molar-refractivity contribution in [1.82, 2.24) is 0 Å². The summed E-state index contributed by atoms with van der Waals surface area (Å²) in [6.45, 7) is 1.81. The van der Waals surface area contributed by atoms with E-state index in [1.54, 1.807) is 0 Å². The Hall–Kier alpha value is -1.36. The lowest BCUT2D eigenvalue weighted by molar-refractivity contribution is -0.144. The van der Waals surface area contributed by atoms with Crippen molar-refractivity contribution in [3.05, 3.63) is 65.7 Å². The van der Waals surface area contributed by atoms with Crippen LogP contribution in [0.25, 0.3) is 0 Å². The fourth-order valence-corrected chi connectivity index (χ4v) is 2.97. The Morgan fingerprint density at radius 3 is 2.24 bits per heavy atom. The van der Waals surface area contributed by atoms with Crippen molar-refractivity contribution >= 4 is 15.9 Å². The predicted octanol–water partition coefficient (Wildman–Crippen LogP) is 3.86. The van der Waals surface area contributed by atoms with E-state index in [4.69, 9.17) is 14.2 Å². The highest BCUT2D eigenvalue weighted by Crippen LogP contribution is 2.34. The molecule has 110 valence electrons. The standard InChI is InChI=1S/C17H17BrO3/c18-13-17(20-10-11-21-17)15-6-8-16(9-7-15)19-12-14-4-2-1-3-5-14/h1-9H,10-13H2. The SMILES string of the molecule is BrCC1(c2ccc(OCc3ccccc3)cc2)OCCO1. The molecular weight excluding hydrogens is 332 g/mol. The van der Waals surface area contributed by atoms with Gasteiger partial charge < -0.3 is 14.2 Å². The molecule has 0 aromatic heterocycles. The molecule has 1 saturated heterocycles. The van der Waals surface area contributed by atoms with Crippen molar-refractivity contribution in [2.75, 3.05) is 18.5 Å². The maximum atomic E-state index is 5.78. The van der Waals surface area contributed by atoms with Gasteiger partial charge in [0.2, 0.25) is 5.79 Å². The Bertz CT molecular complexity index is 562. The van der Waals surface area contributed by atoms with Gasteiger partial charge >= 0.3 is 0 Å². The second-order valence-corrected chi connectivity index (χ2v) is 5.44. The van der Waals surface area contributed by atoms with Crippen molar-refractivity contribution in [3.8, 4) is 5.75 Å². The average molecular weight is 349 g/mol. The van der Waals surface area contributed by atoms with Gasteiger partial charge in [0, 0.05) is 5.56 Å². The summed E-state index contributed by atoms with van der Waals surface area (Å²) in [4.78, 5) is 0. The van der Waals surface area contributed by atoms with Crippen LogP contribution in [0.15, 0.2) is 54.6 Å². The van der Waals surface area contributed by atoms with Crippen LogP contribution in [-0.2, 0) is 21.9 Å². The van der Waals surface area contributed by atoms with Gasteiger partial charge in [-0.1, -0.05) is 46.3 Å². The van der Waals surface area contributed by atoms with Crippen LogP contribution in [0.4, 0.5) is 0 Å². The monoisotopic (exact) mass is 348 g/mol. The Balaban J connectivity index is 1.67. The fraction of sp³-hybridized carbons (Fsp3) is 0.294. The summed E-state index contributed by atoms with van der Waals surface area (Å²) in [6.07, 6.45) is 0. The Morgan fingerprint density at radius 2 is 1.62 bits per heavy atom. The number of hydrogen-bond donors (Lipinski definition) is 0. The fourth-order valence-electron chi connectivity index (χ4n) is 2.32. The van der Waals surface area contributed by atoms with Crippen molar-refractivity contribution < 1.29 is 14.2 Å². The van der Waals surface area contributed by atoms with Gasteiger partial charge in [-0.25, -0.2) is 0 Å². The Labute approximate surface area is 133 Å². The van der Waals surface area contributed by atoms with Crippen LogP contribution < -0.4 is 4.74 Å². The zero-order valence-corrected chi connectivity index (χ0v) is 13.2. The Kier molecular flexibility index (Phi) is 4.58. The lowest BCUT2D eigenvalue weighted by atomic mass is 10.1. The summed E-state index contributed by atoms with van der Waals surface area (Å²) in [7, 11) is 0. The molecule has 1 aliphatic rings. The summed E-state index contributed by atoms with van der Waals surface area (Å²) >= 11 is 3.47. The van der Waals surface area contributed by atoms with Gasteiger partial charge in [0.1, 0.15) is 12.4 Å². The molecule has 0 bridgehead atoms. The molecule has 0 N–H and O–H groups in total. The molecular formula is C17H17BrO3. The molecule has 1 heterocycles. The summed E-state index contributed by atoms with van der Waals surface area (Å²) in [5.41, 5.74) is 2.16. The van der Waals surface area contributed by atoms with Crippen LogP contribution in [0.1, 0.15) is 11.1 Å². The highest BCUT2D eigenvalue weighted by Gasteiger charge is 2.37. The van der Waals surface area contributed by atoms with Crippen LogP contribution in [0.3, 0.4) is 0 Å². The summed E-state index contributed by atoms with van der Waals surface area (Å²) in [6, 6.07) is 18.0. The number of benzene rings is 2. The van der Waals surface area contributed by atoms with E-state index >= 15 is 0 Å². The molecule has 0 radical (unpaired) electrons. The van der Waals surface area contributed by atoms with Crippen molar-refractivity contribution in [3.63, 3.8) is 0 Å². The minimum Gasteiger partial charge on any atom is -0.489 e. The molecule has 0 unspecified atom stereocenters. The maximum absolute atomic E-state index is 5.78. The molecule has 4 heteroatoms. The molecule has 2 aromatic rings. The minimum atomic E-state index is -0.655. The van der Waals surface area contributed by atoms with E-state index in [0.717, 1.165) is 16.9 Å². The molecule has 0 amide bonds. The van der Waals surface area contributed by atoms with Crippen LogP contribution in [0.5, 0.6) is 5.75 Å². The number of alkyl halides is 1. The molecule has 2 aromatic carbocycles. The highest BCUT2D eigenvalue weighted by molar-refractivity contribution is 9.09. The van der Waals surface area contributed by atoms with Crippen molar-refractivity contribution in [2.45, 2.75) is 12.4 Å². The van der Waals surface area contributed by atoms with Crippen molar-refractivity contribution in [2.24, 2.45) is 0 Å². The first-order chi connectivity index (χ1) is 10.3. The molecule has 0 saturated carbocycles. The summed E-state index contributed by atoms with van der Waals surface area (Å²) < 4.78 is 17.3. The summed E-state index contributed by atoms with van der Waals surface area (Å²) in [5.74, 6) is 0.183. The first-order valence-electron chi connectivity index (χ1n) is 6.93. The normalized spacial score (nSPS) is 16.8. The van der Waals surface area contributed by atoms with E-state index in [9.17, 15) is 0 Å². The third-order valence-corrected chi connectivity index (χ3v) is 4.21. The number of halogens is 1. The highest BCUT2D eigenvalue weighted by atomic mass is 79.9. The quantitative estimate of drug-likeness (QED) is 0.768. The van der Waals surface area contributed by atoms with Crippen LogP contribution >= 0.6 is 15.9 Å². The van der Waals surface area contributed by atoms with Gasteiger partial charge in [-0.2, -0.15) is 0 Å². The lowest BCUT2D eigenvalue weighted by Crippen LogP contribution is -2.28. The van der Waals surface area contributed by atoms with Gasteiger partial charge in [-0.3, -0.25) is 0 Å². The minimum absolute atomic E-state index is 0.566. The third-order valence-electron chi connectivity index (χ3n) is 3.47. The lowest BCUT2D eigenvalue weighted by Gasteiger charge is -2.25. The second-order valence-electron chi connectivity index (χ2n) is 4.88. The molecule has 21 heavy (non-hydrogen) atoms. The second kappa shape index (κ2) is 6.60. The van der Waals surface area contributed by atoms with Gasteiger partial charge in [0.25, 0.3) is 0 Å². The predicted molar refractivity (Wildman–Crippen MR) is 84.6 cm³/mol. The summed E-state index contributed by atoms with van der Waals surface area (Å²) in [5, 5.41) is 0.615. The van der Waals surface area contributed by atoms with E-state index in [0.29, 0.717) is 25.2 Å². The van der Waals surface area contributed by atoms with E-state index < -0.39 is 5.79 Å². The average Bonchev–Trinajstić information content (AvgIpc) is 3.05. The van der Waals surface area contributed by atoms with Crippen LogP contribution in [0.2, 0.25) is 0 Å². The molecule has 0 aliphatic carbocycles. The third kappa shape index (κ3) is 3.28. The molecule has 3 rings (SSSR count). The number of ether oxygens (including phenoxy) is 3. The zero-order chi connectivity index (χ0) is 14.5. The molecule has 1 aliphatic heterocycles. The smallest absolute Gasteiger partial charge is 0.204 e. The van der Waals surface area contributed by atoms with Crippen LogP contribution in [-0.4, -0.2) is 18.5 Å². The first-order valence-corrected chi connectivity index (χ1v) is 8.06. The van der Waals surface area contributed by atoms with Gasteiger partial charge in [-0.05, 0) is 29.8 Å². The van der Waals surface area contributed by atoms with E-state index in [1.807, 2.05) is 42.5 Å². The molecule has 0 atom stereocenters. The number of rotatable bonds is 5. The largest absolute Gasteiger partial charge is 0.489 e. The van der Waals surface area contributed by atoms with E-state index in [-0.39, 0.29) is 0 Å². The zero-order valence-electron chi connectivity index (χ0n) is 11.6. The van der Waals surface area contributed by atoms with Gasteiger partial charge in [0.05, 0.1) is 18.5 Å². The maximum Gasteiger partial charge on any atom is 0.204 e. The van der Waals surface area contributed by atoms with Crippen LogP contribution in [0, 0.1) is 0 Å². The Morgan fingerprint density at radius 1 is 0.952 bits per heavy atom. The topological polar surface area (TPSA) is 27.7 Å². The van der Waals surface area contributed by atoms with E-state index in [2.05, 4.69) is 28.1 Å². The number of hydrogen-bond acceptors (Lipinski definition) is 3. The molecule has 3 nitrogen and oxygen atoms in total. The van der Waals surface area contributed by atoms with Gasteiger partial charge in [0.15, 0.2) is 0 Å². The van der Waals surface area contributed by atoms with Crippen molar-refractivity contribution in [1.29, 1.82) is 0 Å². The first kappa shape index (κ1) is 14.6. The van der Waals surface area contributed by atoms with E-state index in [1.165, 1.54) is 0 Å². The molecule has 1 fully saturated rings.